The van der Waals surface area contributed by atoms with Crippen LogP contribution in [0.15, 0.2) is 31.1 Å². The fourth-order valence-corrected chi connectivity index (χ4v) is 1.70. The summed E-state index contributed by atoms with van der Waals surface area (Å²) in [5.74, 6) is 0.839. The highest BCUT2D eigenvalue weighted by Gasteiger charge is 2.07. The zero-order valence-corrected chi connectivity index (χ0v) is 10.9. The van der Waals surface area contributed by atoms with Gasteiger partial charge in [0.1, 0.15) is 5.75 Å². The number of rotatable bonds is 7. The summed E-state index contributed by atoms with van der Waals surface area (Å²) in [6.07, 6.45) is 7.64. The number of likely N-dealkylation sites (N-methyl/N-ethyl adjacent to an activating group) is 1. The second-order valence-corrected chi connectivity index (χ2v) is 4.41. The molecule has 3 heteroatoms. The fourth-order valence-electron chi connectivity index (χ4n) is 1.70. The van der Waals surface area contributed by atoms with E-state index in [2.05, 4.69) is 22.9 Å². The Morgan fingerprint density at radius 3 is 2.82 bits per heavy atom. The highest BCUT2D eigenvalue weighted by molar-refractivity contribution is 5.24. The van der Waals surface area contributed by atoms with Crippen molar-refractivity contribution >= 4 is 0 Å². The number of pyridine rings is 1. The van der Waals surface area contributed by atoms with E-state index >= 15 is 0 Å². The van der Waals surface area contributed by atoms with Crippen LogP contribution >= 0.6 is 0 Å². The standard InChI is InChI=1S/C14H22N2O/c1-5-6-13(15-4)7-12-8-14(10-16-9-12)17-11(2)3/h5,8-11,13,15H,1,6-7H2,2-4H3/t13-/m0/s1. The molecule has 0 saturated heterocycles. The van der Waals surface area contributed by atoms with E-state index in [9.17, 15) is 0 Å². The summed E-state index contributed by atoms with van der Waals surface area (Å²) in [4.78, 5) is 4.21. The first-order chi connectivity index (χ1) is 8.15. The Kier molecular flexibility index (Phi) is 5.70. The van der Waals surface area contributed by atoms with Crippen LogP contribution in [0.5, 0.6) is 5.75 Å². The molecule has 1 rings (SSSR count). The average molecular weight is 234 g/mol. The Balaban J connectivity index is 2.66. The molecule has 0 aliphatic heterocycles. The van der Waals surface area contributed by atoms with Crippen molar-refractivity contribution in [2.75, 3.05) is 7.05 Å². The monoisotopic (exact) mass is 234 g/mol. The highest BCUT2D eigenvalue weighted by Crippen LogP contribution is 2.15. The van der Waals surface area contributed by atoms with Crippen LogP contribution in [-0.4, -0.2) is 24.2 Å². The molecule has 0 bridgehead atoms. The van der Waals surface area contributed by atoms with E-state index in [1.807, 2.05) is 33.2 Å². The number of ether oxygens (including phenoxy) is 1. The molecular weight excluding hydrogens is 212 g/mol. The Morgan fingerprint density at radius 2 is 2.24 bits per heavy atom. The lowest BCUT2D eigenvalue weighted by Gasteiger charge is -2.15. The van der Waals surface area contributed by atoms with E-state index in [0.29, 0.717) is 6.04 Å². The molecule has 1 aromatic heterocycles. The van der Waals surface area contributed by atoms with Gasteiger partial charge in [0, 0.05) is 12.2 Å². The molecule has 1 heterocycles. The van der Waals surface area contributed by atoms with E-state index in [-0.39, 0.29) is 6.10 Å². The molecule has 0 aliphatic carbocycles. The second-order valence-electron chi connectivity index (χ2n) is 4.41. The van der Waals surface area contributed by atoms with Gasteiger partial charge in [0.25, 0.3) is 0 Å². The van der Waals surface area contributed by atoms with Gasteiger partial charge in [-0.05, 0) is 45.4 Å². The van der Waals surface area contributed by atoms with E-state index in [1.54, 1.807) is 6.20 Å². The molecule has 0 saturated carbocycles. The lowest BCUT2D eigenvalue weighted by atomic mass is 10.1. The van der Waals surface area contributed by atoms with Crippen LogP contribution in [0.25, 0.3) is 0 Å². The minimum atomic E-state index is 0.181. The highest BCUT2D eigenvalue weighted by atomic mass is 16.5. The molecule has 0 radical (unpaired) electrons. The number of aromatic nitrogens is 1. The van der Waals surface area contributed by atoms with Gasteiger partial charge >= 0.3 is 0 Å². The van der Waals surface area contributed by atoms with Crippen LogP contribution in [0, 0.1) is 0 Å². The Bertz CT molecular complexity index is 350. The molecule has 1 N–H and O–H groups in total. The molecule has 17 heavy (non-hydrogen) atoms. The van der Waals surface area contributed by atoms with Gasteiger partial charge in [-0.2, -0.15) is 0 Å². The van der Waals surface area contributed by atoms with Crippen LogP contribution in [0.1, 0.15) is 25.8 Å². The lowest BCUT2D eigenvalue weighted by molar-refractivity contribution is 0.241. The van der Waals surface area contributed by atoms with Gasteiger partial charge in [-0.25, -0.2) is 0 Å². The first-order valence-corrected chi connectivity index (χ1v) is 6.04. The zero-order chi connectivity index (χ0) is 12.7. The Labute approximate surface area is 104 Å². The molecule has 0 amide bonds. The van der Waals surface area contributed by atoms with Crippen molar-refractivity contribution in [2.24, 2.45) is 0 Å². The van der Waals surface area contributed by atoms with Crippen molar-refractivity contribution in [3.63, 3.8) is 0 Å². The summed E-state index contributed by atoms with van der Waals surface area (Å²) in [7, 11) is 1.97. The van der Waals surface area contributed by atoms with Crippen molar-refractivity contribution in [3.8, 4) is 5.75 Å². The van der Waals surface area contributed by atoms with Crippen molar-refractivity contribution in [3.05, 3.63) is 36.7 Å². The molecule has 0 unspecified atom stereocenters. The van der Waals surface area contributed by atoms with Gasteiger partial charge in [-0.1, -0.05) is 6.08 Å². The zero-order valence-electron chi connectivity index (χ0n) is 10.9. The quantitative estimate of drug-likeness (QED) is 0.736. The largest absolute Gasteiger partial charge is 0.489 e. The van der Waals surface area contributed by atoms with Crippen LogP contribution in [0.2, 0.25) is 0 Å². The minimum absolute atomic E-state index is 0.181. The number of nitrogens with one attached hydrogen (secondary N) is 1. The van der Waals surface area contributed by atoms with Gasteiger partial charge in [-0.3, -0.25) is 4.98 Å². The topological polar surface area (TPSA) is 34.1 Å². The average Bonchev–Trinajstić information content (AvgIpc) is 2.28. The molecule has 0 fully saturated rings. The van der Waals surface area contributed by atoms with E-state index in [0.717, 1.165) is 18.6 Å². The molecule has 1 atom stereocenters. The normalized spacial score (nSPS) is 12.5. The fraction of sp³-hybridized carbons (Fsp3) is 0.500. The van der Waals surface area contributed by atoms with Crippen LogP contribution in [0.4, 0.5) is 0 Å². The SMILES string of the molecule is C=CC[C@@H](Cc1cncc(OC(C)C)c1)NC. The first-order valence-electron chi connectivity index (χ1n) is 6.04. The lowest BCUT2D eigenvalue weighted by Crippen LogP contribution is -2.26. The van der Waals surface area contributed by atoms with E-state index in [4.69, 9.17) is 4.74 Å². The van der Waals surface area contributed by atoms with Crippen LogP contribution in [0.3, 0.4) is 0 Å². The van der Waals surface area contributed by atoms with Gasteiger partial charge in [-0.15, -0.1) is 6.58 Å². The molecule has 0 spiro atoms. The van der Waals surface area contributed by atoms with E-state index < -0.39 is 0 Å². The summed E-state index contributed by atoms with van der Waals surface area (Å²) < 4.78 is 5.63. The summed E-state index contributed by atoms with van der Waals surface area (Å²) in [5.41, 5.74) is 1.18. The summed E-state index contributed by atoms with van der Waals surface area (Å²) in [6, 6.07) is 2.46. The Hall–Kier alpha value is -1.35. The van der Waals surface area contributed by atoms with E-state index in [1.165, 1.54) is 5.56 Å². The van der Waals surface area contributed by atoms with Crippen molar-refractivity contribution in [2.45, 2.75) is 38.8 Å². The maximum Gasteiger partial charge on any atom is 0.138 e. The third-order valence-electron chi connectivity index (χ3n) is 2.48. The molecular formula is C14H22N2O. The van der Waals surface area contributed by atoms with Crippen molar-refractivity contribution < 1.29 is 4.74 Å². The summed E-state index contributed by atoms with van der Waals surface area (Å²) in [5, 5.41) is 3.27. The number of nitrogens with zero attached hydrogens (tertiary/aromatic N) is 1. The van der Waals surface area contributed by atoms with Crippen LogP contribution in [-0.2, 0) is 6.42 Å². The van der Waals surface area contributed by atoms with Crippen molar-refractivity contribution in [1.82, 2.24) is 10.3 Å². The maximum absolute atomic E-state index is 5.63. The van der Waals surface area contributed by atoms with Crippen LogP contribution < -0.4 is 10.1 Å². The first kappa shape index (κ1) is 13.7. The smallest absolute Gasteiger partial charge is 0.138 e. The third kappa shape index (κ3) is 5.00. The predicted octanol–water partition coefficient (Wildman–Crippen LogP) is 2.58. The summed E-state index contributed by atoms with van der Waals surface area (Å²) in [6.45, 7) is 7.80. The molecule has 0 aliphatic rings. The molecule has 3 nitrogen and oxygen atoms in total. The second kappa shape index (κ2) is 7.07. The van der Waals surface area contributed by atoms with Gasteiger partial charge < -0.3 is 10.1 Å². The summed E-state index contributed by atoms with van der Waals surface area (Å²) >= 11 is 0. The van der Waals surface area contributed by atoms with Gasteiger partial charge in [0.15, 0.2) is 0 Å². The predicted molar refractivity (Wildman–Crippen MR) is 71.4 cm³/mol. The minimum Gasteiger partial charge on any atom is -0.489 e. The number of hydrogen-bond acceptors (Lipinski definition) is 3. The Morgan fingerprint density at radius 1 is 1.47 bits per heavy atom. The number of hydrogen-bond donors (Lipinski definition) is 1. The third-order valence-corrected chi connectivity index (χ3v) is 2.48. The maximum atomic E-state index is 5.63. The van der Waals surface area contributed by atoms with Crippen molar-refractivity contribution in [1.29, 1.82) is 0 Å². The molecule has 0 aromatic carbocycles. The van der Waals surface area contributed by atoms with Gasteiger partial charge in [0.2, 0.25) is 0 Å². The molecule has 94 valence electrons. The van der Waals surface area contributed by atoms with Gasteiger partial charge in [0.05, 0.1) is 12.3 Å². The molecule has 1 aromatic rings.